The van der Waals surface area contributed by atoms with Gasteiger partial charge in [-0.05, 0) is 50.5 Å². The fourth-order valence-electron chi connectivity index (χ4n) is 4.00. The Morgan fingerprint density at radius 1 is 0.833 bits per heavy atom. The SMILES string of the molecule is CCCCCCCCCCCCSc1nnc(OC(=O)c2ccc(O[C@@H](C)CCCCCC)cc2)o1. The van der Waals surface area contributed by atoms with Crippen molar-refractivity contribution in [2.45, 2.75) is 128 Å². The Hall–Kier alpha value is -2.02. The predicted octanol–water partition coefficient (Wildman–Crippen LogP) is 9.04. The van der Waals surface area contributed by atoms with Crippen molar-refractivity contribution in [1.29, 1.82) is 0 Å². The highest BCUT2D eigenvalue weighted by Crippen LogP contribution is 2.23. The molecule has 0 spiro atoms. The van der Waals surface area contributed by atoms with Crippen LogP contribution in [0.3, 0.4) is 0 Å². The average molecular weight is 519 g/mol. The summed E-state index contributed by atoms with van der Waals surface area (Å²) in [5.74, 6) is 1.15. The number of hydrogen-bond donors (Lipinski definition) is 0. The van der Waals surface area contributed by atoms with E-state index in [2.05, 4.69) is 31.0 Å². The number of benzene rings is 1. The highest BCUT2D eigenvalue weighted by molar-refractivity contribution is 7.99. The summed E-state index contributed by atoms with van der Waals surface area (Å²) in [6.45, 7) is 6.55. The molecule has 0 radical (unpaired) electrons. The molecule has 0 bridgehead atoms. The second-order valence-corrected chi connectivity index (χ2v) is 10.6. The van der Waals surface area contributed by atoms with E-state index in [0.29, 0.717) is 10.8 Å². The van der Waals surface area contributed by atoms with Crippen LogP contribution in [0.5, 0.6) is 11.8 Å². The average Bonchev–Trinajstić information content (AvgIpc) is 3.32. The van der Waals surface area contributed by atoms with Crippen LogP contribution in [0.1, 0.15) is 127 Å². The lowest BCUT2D eigenvalue weighted by molar-refractivity contribution is 0.0675. The minimum absolute atomic E-state index is 0.119. The molecular weight excluding hydrogens is 472 g/mol. The molecule has 1 aromatic carbocycles. The number of rotatable bonds is 21. The van der Waals surface area contributed by atoms with Gasteiger partial charge in [0.1, 0.15) is 5.75 Å². The highest BCUT2D eigenvalue weighted by Gasteiger charge is 2.15. The first-order valence-electron chi connectivity index (χ1n) is 14.1. The zero-order valence-corrected chi connectivity index (χ0v) is 23.5. The minimum Gasteiger partial charge on any atom is -0.491 e. The number of unbranched alkanes of at least 4 members (excludes halogenated alkanes) is 12. The molecule has 0 amide bonds. The first-order chi connectivity index (χ1) is 17.6. The largest absolute Gasteiger partial charge is 0.491 e. The van der Waals surface area contributed by atoms with Crippen LogP contribution in [0.25, 0.3) is 0 Å². The first-order valence-corrected chi connectivity index (χ1v) is 15.1. The van der Waals surface area contributed by atoms with Crippen molar-refractivity contribution in [3.63, 3.8) is 0 Å². The van der Waals surface area contributed by atoms with Crippen molar-refractivity contribution in [2.24, 2.45) is 0 Å². The van der Waals surface area contributed by atoms with Gasteiger partial charge in [0.25, 0.3) is 5.22 Å². The summed E-state index contributed by atoms with van der Waals surface area (Å²) >= 11 is 1.51. The van der Waals surface area contributed by atoms with Crippen molar-refractivity contribution >= 4 is 17.7 Å². The van der Waals surface area contributed by atoms with Gasteiger partial charge in [0.15, 0.2) is 0 Å². The van der Waals surface area contributed by atoms with E-state index in [1.807, 2.05) is 0 Å². The maximum Gasteiger partial charge on any atom is 0.423 e. The second kappa shape index (κ2) is 19.1. The molecule has 2 rings (SSSR count). The van der Waals surface area contributed by atoms with Gasteiger partial charge in [0, 0.05) is 5.75 Å². The normalized spacial score (nSPS) is 12.0. The van der Waals surface area contributed by atoms with E-state index in [-0.39, 0.29) is 12.2 Å². The molecule has 0 saturated heterocycles. The first kappa shape index (κ1) is 30.2. The quantitative estimate of drug-likeness (QED) is 0.0926. The zero-order valence-electron chi connectivity index (χ0n) is 22.6. The fraction of sp³-hybridized carbons (Fsp3) is 0.690. The number of thioether (sulfide) groups is 1. The molecule has 1 heterocycles. The number of esters is 1. The Bertz CT molecular complexity index is 825. The highest BCUT2D eigenvalue weighted by atomic mass is 32.2. The zero-order chi connectivity index (χ0) is 25.8. The number of nitrogens with zero attached hydrogens (tertiary/aromatic N) is 2. The van der Waals surface area contributed by atoms with Gasteiger partial charge in [-0.25, -0.2) is 4.79 Å². The summed E-state index contributed by atoms with van der Waals surface area (Å²) in [5.41, 5.74) is 0.413. The second-order valence-electron chi connectivity index (χ2n) is 9.56. The van der Waals surface area contributed by atoms with E-state index in [4.69, 9.17) is 13.9 Å². The van der Waals surface area contributed by atoms with Crippen LogP contribution >= 0.6 is 11.8 Å². The number of carbonyl (C=O) groups is 1. The molecule has 36 heavy (non-hydrogen) atoms. The molecule has 0 saturated carbocycles. The van der Waals surface area contributed by atoms with Crippen molar-refractivity contribution in [3.05, 3.63) is 29.8 Å². The maximum atomic E-state index is 12.4. The van der Waals surface area contributed by atoms with Gasteiger partial charge in [0.05, 0.1) is 11.7 Å². The van der Waals surface area contributed by atoms with Crippen LogP contribution < -0.4 is 9.47 Å². The predicted molar refractivity (Wildman–Crippen MR) is 147 cm³/mol. The van der Waals surface area contributed by atoms with Crippen molar-refractivity contribution in [2.75, 3.05) is 5.75 Å². The Labute approximate surface area is 222 Å². The smallest absolute Gasteiger partial charge is 0.423 e. The molecule has 6 nitrogen and oxygen atoms in total. The topological polar surface area (TPSA) is 74.5 Å². The Kier molecular flexibility index (Phi) is 16.1. The van der Waals surface area contributed by atoms with Crippen molar-refractivity contribution < 1.29 is 18.7 Å². The van der Waals surface area contributed by atoms with Crippen LogP contribution in [-0.2, 0) is 0 Å². The lowest BCUT2D eigenvalue weighted by atomic mass is 10.1. The number of ether oxygens (including phenoxy) is 2. The molecule has 0 aliphatic carbocycles. The van der Waals surface area contributed by atoms with Gasteiger partial charge in [-0.2, -0.15) is 0 Å². The van der Waals surface area contributed by atoms with E-state index in [0.717, 1.165) is 24.3 Å². The van der Waals surface area contributed by atoms with Crippen LogP contribution in [0, 0.1) is 0 Å². The number of hydrogen-bond acceptors (Lipinski definition) is 7. The van der Waals surface area contributed by atoms with E-state index >= 15 is 0 Å². The molecular formula is C29H46N2O4S. The van der Waals surface area contributed by atoms with Crippen molar-refractivity contribution in [1.82, 2.24) is 10.2 Å². The molecule has 202 valence electrons. The van der Waals surface area contributed by atoms with Crippen LogP contribution in [0.2, 0.25) is 0 Å². The number of carbonyl (C=O) groups excluding carboxylic acids is 1. The van der Waals surface area contributed by atoms with Gasteiger partial charge < -0.3 is 13.9 Å². The van der Waals surface area contributed by atoms with E-state index in [9.17, 15) is 4.79 Å². The number of aromatic nitrogens is 2. The molecule has 0 aliphatic rings. The minimum atomic E-state index is -0.524. The molecule has 1 aromatic heterocycles. The summed E-state index contributed by atoms with van der Waals surface area (Å²) < 4.78 is 16.7. The van der Waals surface area contributed by atoms with Crippen LogP contribution in [0.4, 0.5) is 0 Å². The summed E-state index contributed by atoms with van der Waals surface area (Å²) in [7, 11) is 0. The standard InChI is InChI=1S/C29H46N2O4S/c1-4-6-8-10-11-12-13-14-15-17-23-36-29-31-30-28(35-29)34-27(32)25-19-21-26(22-20-25)33-24(3)18-16-9-7-5-2/h19-22,24H,4-18,23H2,1-3H3/t24-/m0/s1. The van der Waals surface area contributed by atoms with Gasteiger partial charge in [-0.1, -0.05) is 113 Å². The molecule has 1 atom stereocenters. The van der Waals surface area contributed by atoms with Gasteiger partial charge in [-0.3, -0.25) is 0 Å². The van der Waals surface area contributed by atoms with E-state index in [1.54, 1.807) is 24.3 Å². The lowest BCUT2D eigenvalue weighted by Crippen LogP contribution is -2.12. The van der Waals surface area contributed by atoms with Gasteiger partial charge >= 0.3 is 12.0 Å². The monoisotopic (exact) mass is 518 g/mol. The fourth-order valence-corrected chi connectivity index (χ4v) is 4.76. The summed E-state index contributed by atoms with van der Waals surface area (Å²) in [5, 5.41) is 8.26. The summed E-state index contributed by atoms with van der Waals surface area (Å²) in [4.78, 5) is 12.4. The molecule has 0 aliphatic heterocycles. The van der Waals surface area contributed by atoms with Gasteiger partial charge in [0.2, 0.25) is 0 Å². The Morgan fingerprint density at radius 2 is 1.42 bits per heavy atom. The molecule has 0 N–H and O–H groups in total. The lowest BCUT2D eigenvalue weighted by Gasteiger charge is -2.14. The van der Waals surface area contributed by atoms with Gasteiger partial charge in [-0.15, -0.1) is 0 Å². The van der Waals surface area contributed by atoms with Crippen molar-refractivity contribution in [3.8, 4) is 11.8 Å². The maximum absolute atomic E-state index is 12.4. The van der Waals surface area contributed by atoms with E-state index < -0.39 is 5.97 Å². The Morgan fingerprint density at radius 3 is 2.06 bits per heavy atom. The molecule has 2 aromatic rings. The third-order valence-corrected chi connectivity index (χ3v) is 7.09. The summed E-state index contributed by atoms with van der Waals surface area (Å²) in [6, 6.07) is 6.97. The molecule has 0 unspecified atom stereocenters. The third-order valence-electron chi connectivity index (χ3n) is 6.18. The van der Waals surface area contributed by atoms with Crippen LogP contribution in [-0.4, -0.2) is 28.0 Å². The summed E-state index contributed by atoms with van der Waals surface area (Å²) in [6.07, 6.45) is 19.1. The molecule has 7 heteroatoms. The Balaban J connectivity index is 1.60. The van der Waals surface area contributed by atoms with E-state index in [1.165, 1.54) is 95.2 Å². The molecule has 0 fully saturated rings. The third kappa shape index (κ3) is 13.3. The van der Waals surface area contributed by atoms with Crippen LogP contribution in [0.15, 0.2) is 33.9 Å².